The van der Waals surface area contributed by atoms with E-state index in [-0.39, 0.29) is 0 Å². The Kier molecular flexibility index (Phi) is 3.31. The summed E-state index contributed by atoms with van der Waals surface area (Å²) in [6.07, 6.45) is 5.04. The van der Waals surface area contributed by atoms with Gasteiger partial charge in [0, 0.05) is 0 Å². The first-order valence-corrected chi connectivity index (χ1v) is 3.78. The monoisotopic (exact) mass is 190 g/mol. The van der Waals surface area contributed by atoms with Crippen molar-refractivity contribution in [1.29, 1.82) is 0 Å². The number of rotatable bonds is 2. The van der Waals surface area contributed by atoms with Gasteiger partial charge in [-0.05, 0) is 0 Å². The van der Waals surface area contributed by atoms with Crippen LogP contribution in [0.25, 0.3) is 0 Å². The Morgan fingerprint density at radius 2 is 1.54 bits per heavy atom. The van der Waals surface area contributed by atoms with Crippen molar-refractivity contribution in [1.82, 2.24) is 0 Å². The highest BCUT2D eigenvalue weighted by molar-refractivity contribution is 5.20. The summed E-state index contributed by atoms with van der Waals surface area (Å²) in [5.74, 6) is 0. The molecule has 0 atom stereocenters. The van der Waals surface area contributed by atoms with E-state index in [4.69, 9.17) is 0 Å². The normalized spacial score (nSPS) is 17.8. The van der Waals surface area contributed by atoms with Crippen LogP contribution in [0.5, 0.6) is 0 Å². The zero-order valence-electron chi connectivity index (χ0n) is 6.79. The Balaban J connectivity index is 2.38. The molecule has 4 heteroatoms. The van der Waals surface area contributed by atoms with Gasteiger partial charge in [-0.2, -0.15) is 13.2 Å². The first-order chi connectivity index (χ1) is 6.08. The zero-order chi connectivity index (χ0) is 9.73. The molecule has 0 amide bonds. The van der Waals surface area contributed by atoms with Crippen LogP contribution in [0, 0.1) is 0 Å². The molecule has 1 nitrogen and oxygen atoms in total. The van der Waals surface area contributed by atoms with Crippen LogP contribution in [0.3, 0.4) is 0 Å². The van der Waals surface area contributed by atoms with E-state index in [0.717, 1.165) is 0 Å². The van der Waals surface area contributed by atoms with Crippen molar-refractivity contribution in [3.63, 3.8) is 0 Å². The van der Waals surface area contributed by atoms with Gasteiger partial charge in [-0.15, -0.1) is 0 Å². The lowest BCUT2D eigenvalue weighted by molar-refractivity contribution is -0.177. The number of ether oxygens (including phenoxy) is 1. The van der Waals surface area contributed by atoms with Gasteiger partial charge in [0.1, 0.15) is 6.61 Å². The Morgan fingerprint density at radius 3 is 2.00 bits per heavy atom. The summed E-state index contributed by atoms with van der Waals surface area (Å²) in [5.41, 5.74) is 0. The maximum atomic E-state index is 11.7. The predicted molar refractivity (Wildman–Crippen MR) is 43.2 cm³/mol. The lowest BCUT2D eigenvalue weighted by Gasteiger charge is -2.11. The minimum atomic E-state index is -4.26. The average Bonchev–Trinajstić information content (AvgIpc) is 2.26. The molecule has 0 aromatic carbocycles. The number of halogens is 3. The molecule has 0 aliphatic heterocycles. The molecule has 0 N–H and O–H groups in total. The van der Waals surface area contributed by atoms with Crippen molar-refractivity contribution < 1.29 is 17.9 Å². The highest BCUT2D eigenvalue weighted by Crippen LogP contribution is 2.16. The van der Waals surface area contributed by atoms with Crippen molar-refractivity contribution in [3.05, 3.63) is 36.5 Å². The first-order valence-electron chi connectivity index (χ1n) is 3.78. The van der Waals surface area contributed by atoms with Crippen LogP contribution in [0.15, 0.2) is 36.5 Å². The molecule has 1 rings (SSSR count). The average molecular weight is 190 g/mol. The van der Waals surface area contributed by atoms with Crippen LogP contribution in [0.1, 0.15) is 0 Å². The minimum absolute atomic E-state index is 0.586. The number of alkyl halides is 3. The fourth-order valence-corrected chi connectivity index (χ4v) is 0.842. The van der Waals surface area contributed by atoms with Crippen LogP contribution in [0.4, 0.5) is 13.2 Å². The van der Waals surface area contributed by atoms with Crippen LogP contribution in [0.2, 0.25) is 0 Å². The second-order valence-electron chi connectivity index (χ2n) is 2.55. The van der Waals surface area contributed by atoms with Gasteiger partial charge in [-0.3, -0.25) is 0 Å². The molecule has 0 unspecified atom stereocenters. The Morgan fingerprint density at radius 1 is 1.00 bits per heavy atom. The second kappa shape index (κ2) is 4.28. The molecular weight excluding hydrogens is 181 g/mol. The van der Waals surface area contributed by atoms with Crippen LogP contribution < -0.4 is 0 Å². The van der Waals surface area contributed by atoms with E-state index in [1.54, 1.807) is 36.5 Å². The summed E-state index contributed by atoms with van der Waals surface area (Å²) in [5, 5.41) is 0. The molecular formula is C9H9F3O. The van der Waals surface area contributed by atoms with E-state index in [1.165, 1.54) is 0 Å². The molecule has 0 aromatic heterocycles. The van der Waals surface area contributed by atoms with Gasteiger partial charge in [0.25, 0.3) is 0 Å². The third-order valence-electron chi connectivity index (χ3n) is 1.37. The summed E-state index contributed by atoms with van der Waals surface area (Å²) >= 11 is 0. The molecule has 0 saturated carbocycles. The smallest absolute Gasteiger partial charge is 0.361 e. The molecule has 0 spiro atoms. The third-order valence-corrected chi connectivity index (χ3v) is 1.37. The van der Waals surface area contributed by atoms with Crippen molar-refractivity contribution in [3.8, 4) is 0 Å². The van der Waals surface area contributed by atoms with Gasteiger partial charge >= 0.3 is 6.18 Å². The second-order valence-corrected chi connectivity index (χ2v) is 2.55. The van der Waals surface area contributed by atoms with Crippen LogP contribution in [-0.4, -0.2) is 18.9 Å². The standard InChI is InChI=1S/C9H9F3O/c10-9(11,12)7-13-8-5-3-1-2-4-6-8/h1-6,8H,7H2. The molecule has 0 saturated heterocycles. The van der Waals surface area contributed by atoms with Gasteiger partial charge in [0.05, 0.1) is 6.10 Å². The summed E-state index contributed by atoms with van der Waals surface area (Å²) in [6.45, 7) is -1.22. The summed E-state index contributed by atoms with van der Waals surface area (Å²) in [4.78, 5) is 0. The fraction of sp³-hybridized carbons (Fsp3) is 0.333. The van der Waals surface area contributed by atoms with E-state index in [2.05, 4.69) is 4.74 Å². The van der Waals surface area contributed by atoms with Crippen molar-refractivity contribution >= 4 is 0 Å². The molecule has 0 heterocycles. The van der Waals surface area contributed by atoms with Gasteiger partial charge in [0.2, 0.25) is 0 Å². The molecule has 13 heavy (non-hydrogen) atoms. The van der Waals surface area contributed by atoms with E-state index >= 15 is 0 Å². The molecule has 0 aromatic rings. The van der Waals surface area contributed by atoms with Crippen molar-refractivity contribution in [2.24, 2.45) is 0 Å². The van der Waals surface area contributed by atoms with Gasteiger partial charge in [-0.1, -0.05) is 36.5 Å². The van der Waals surface area contributed by atoms with Crippen LogP contribution in [-0.2, 0) is 4.74 Å². The van der Waals surface area contributed by atoms with E-state index < -0.39 is 18.9 Å². The lowest BCUT2D eigenvalue weighted by Crippen LogP contribution is -2.21. The Bertz CT molecular complexity index is 222. The van der Waals surface area contributed by atoms with E-state index in [1.807, 2.05) is 0 Å². The van der Waals surface area contributed by atoms with Crippen molar-refractivity contribution in [2.75, 3.05) is 6.61 Å². The maximum absolute atomic E-state index is 11.7. The molecule has 0 fully saturated rings. The number of hydrogen-bond acceptors (Lipinski definition) is 1. The number of hydrogen-bond donors (Lipinski definition) is 0. The van der Waals surface area contributed by atoms with Crippen molar-refractivity contribution in [2.45, 2.75) is 12.3 Å². The van der Waals surface area contributed by atoms with E-state index in [0.29, 0.717) is 0 Å². The lowest BCUT2D eigenvalue weighted by atomic mass is 10.3. The summed E-state index contributed by atoms with van der Waals surface area (Å²) in [6, 6.07) is 0. The van der Waals surface area contributed by atoms with E-state index in [9.17, 15) is 13.2 Å². The molecule has 1 aliphatic carbocycles. The topological polar surface area (TPSA) is 9.23 Å². The quantitative estimate of drug-likeness (QED) is 0.650. The first kappa shape index (κ1) is 10.1. The largest absolute Gasteiger partial charge is 0.411 e. The minimum Gasteiger partial charge on any atom is -0.361 e. The summed E-state index contributed by atoms with van der Waals surface area (Å²) < 4.78 is 39.8. The van der Waals surface area contributed by atoms with Gasteiger partial charge in [-0.25, -0.2) is 0 Å². The third kappa shape index (κ3) is 4.52. The molecule has 1 aliphatic rings. The molecule has 0 radical (unpaired) electrons. The SMILES string of the molecule is FC(F)(F)COC1C=CC=CC=C1. The maximum Gasteiger partial charge on any atom is 0.411 e. The zero-order valence-corrected chi connectivity index (χ0v) is 6.79. The highest BCUT2D eigenvalue weighted by atomic mass is 19.4. The Hall–Kier alpha value is -1.03. The predicted octanol–water partition coefficient (Wildman–Crippen LogP) is 2.62. The number of allylic oxidation sites excluding steroid dienone is 4. The molecule has 72 valence electrons. The van der Waals surface area contributed by atoms with Gasteiger partial charge in [0.15, 0.2) is 0 Å². The van der Waals surface area contributed by atoms with Crippen LogP contribution >= 0.6 is 0 Å². The van der Waals surface area contributed by atoms with Gasteiger partial charge < -0.3 is 4.74 Å². The fourth-order valence-electron chi connectivity index (χ4n) is 0.842. The summed E-state index contributed by atoms with van der Waals surface area (Å²) in [7, 11) is 0. The molecule has 0 bridgehead atoms. The Labute approximate surface area is 74.2 Å². The highest BCUT2D eigenvalue weighted by Gasteiger charge is 2.28.